The molecule has 0 fully saturated rings. The normalized spacial score (nSPS) is 12.3. The molecule has 0 saturated carbocycles. The summed E-state index contributed by atoms with van der Waals surface area (Å²) in [6.45, 7) is 2.24. The summed E-state index contributed by atoms with van der Waals surface area (Å²) in [6, 6.07) is 0. The molecule has 3 nitrogen and oxygen atoms in total. The Labute approximate surface area is 119 Å². The van der Waals surface area contributed by atoms with Crippen LogP contribution in [-0.4, -0.2) is 18.7 Å². The molecule has 0 aromatic carbocycles. The molecule has 19 heavy (non-hydrogen) atoms. The van der Waals surface area contributed by atoms with Crippen molar-refractivity contribution in [3.05, 3.63) is 12.2 Å². The fraction of sp³-hybridized carbons (Fsp3) is 0.867. The van der Waals surface area contributed by atoms with Gasteiger partial charge in [0.2, 0.25) is 0 Å². The molecule has 0 rings (SSSR count). The van der Waals surface area contributed by atoms with Crippen molar-refractivity contribution in [2.45, 2.75) is 77.6 Å². The van der Waals surface area contributed by atoms with Gasteiger partial charge in [0, 0.05) is 0 Å². The van der Waals surface area contributed by atoms with E-state index in [-0.39, 0.29) is 5.75 Å². The molecule has 0 aliphatic rings. The van der Waals surface area contributed by atoms with Crippen LogP contribution in [0.3, 0.4) is 0 Å². The van der Waals surface area contributed by atoms with Crippen LogP contribution in [0.1, 0.15) is 77.6 Å². The number of allylic oxidation sites excluding steroid dienone is 1. The third-order valence-electron chi connectivity index (χ3n) is 3.20. The van der Waals surface area contributed by atoms with Gasteiger partial charge in [-0.25, -0.2) is 0 Å². The molecule has 0 spiro atoms. The minimum Gasteiger partial charge on any atom is -0.285 e. The Morgan fingerprint density at radius 2 is 1.26 bits per heavy atom. The molecule has 0 saturated heterocycles. The van der Waals surface area contributed by atoms with Crippen molar-refractivity contribution in [2.24, 2.45) is 0 Å². The van der Waals surface area contributed by atoms with Crippen molar-refractivity contribution in [3.8, 4) is 0 Å². The zero-order valence-corrected chi connectivity index (χ0v) is 13.1. The Morgan fingerprint density at radius 1 is 0.789 bits per heavy atom. The molecule has 0 heterocycles. The Kier molecular flexibility index (Phi) is 12.4. The summed E-state index contributed by atoms with van der Waals surface area (Å²) in [6.07, 6.45) is 17.4. The standard InChI is InChI=1S/C15H30O3S/c1-2-3-4-5-6-7-8-9-10-11-12-13-14-15-19(16,17)18/h13-14H,2-12,15H2,1H3,(H,16,17,18)/b14-13-. The van der Waals surface area contributed by atoms with Crippen LogP contribution in [0, 0.1) is 0 Å². The highest BCUT2D eigenvalue weighted by Gasteiger charge is 1.98. The van der Waals surface area contributed by atoms with Gasteiger partial charge in [0.25, 0.3) is 10.1 Å². The van der Waals surface area contributed by atoms with E-state index in [2.05, 4.69) is 6.92 Å². The van der Waals surface area contributed by atoms with Gasteiger partial charge in [-0.05, 0) is 12.8 Å². The van der Waals surface area contributed by atoms with Crippen LogP contribution in [0.5, 0.6) is 0 Å². The SMILES string of the molecule is CCCCCCCCCCCC/C=C\CS(=O)(=O)O. The van der Waals surface area contributed by atoms with E-state index in [0.29, 0.717) is 0 Å². The van der Waals surface area contributed by atoms with E-state index in [0.717, 1.165) is 12.8 Å². The van der Waals surface area contributed by atoms with E-state index in [1.807, 2.05) is 6.08 Å². The van der Waals surface area contributed by atoms with Gasteiger partial charge in [-0.2, -0.15) is 8.42 Å². The highest BCUT2D eigenvalue weighted by Crippen LogP contribution is 2.11. The molecule has 0 aliphatic heterocycles. The molecule has 1 N–H and O–H groups in total. The summed E-state index contributed by atoms with van der Waals surface area (Å²) < 4.78 is 29.4. The van der Waals surface area contributed by atoms with Crippen LogP contribution in [0.4, 0.5) is 0 Å². The van der Waals surface area contributed by atoms with Crippen molar-refractivity contribution in [3.63, 3.8) is 0 Å². The first-order valence-corrected chi connectivity index (χ1v) is 9.27. The third-order valence-corrected chi connectivity index (χ3v) is 3.81. The van der Waals surface area contributed by atoms with E-state index >= 15 is 0 Å². The maximum atomic E-state index is 10.4. The van der Waals surface area contributed by atoms with Gasteiger partial charge in [-0.15, -0.1) is 0 Å². The third kappa shape index (κ3) is 17.6. The predicted octanol–water partition coefficient (Wildman–Crippen LogP) is 4.74. The Bertz CT molecular complexity index is 307. The summed E-state index contributed by atoms with van der Waals surface area (Å²) in [5, 5.41) is 0. The zero-order chi connectivity index (χ0) is 14.4. The average Bonchev–Trinajstić information content (AvgIpc) is 2.34. The lowest BCUT2D eigenvalue weighted by Gasteiger charge is -2.01. The molecule has 0 aliphatic carbocycles. The van der Waals surface area contributed by atoms with Gasteiger partial charge in [0.05, 0.1) is 5.75 Å². The van der Waals surface area contributed by atoms with Crippen LogP contribution >= 0.6 is 0 Å². The lowest BCUT2D eigenvalue weighted by atomic mass is 10.1. The smallest absolute Gasteiger partial charge is 0.268 e. The number of hydrogen-bond donors (Lipinski definition) is 1. The summed E-state index contributed by atoms with van der Waals surface area (Å²) >= 11 is 0. The lowest BCUT2D eigenvalue weighted by molar-refractivity contribution is 0.486. The molecular weight excluding hydrogens is 260 g/mol. The quantitative estimate of drug-likeness (QED) is 0.303. The first kappa shape index (κ1) is 18.7. The fourth-order valence-electron chi connectivity index (χ4n) is 2.06. The van der Waals surface area contributed by atoms with Crippen molar-refractivity contribution < 1.29 is 13.0 Å². The van der Waals surface area contributed by atoms with Crippen LogP contribution in [0.25, 0.3) is 0 Å². The van der Waals surface area contributed by atoms with E-state index in [4.69, 9.17) is 4.55 Å². The molecule has 4 heteroatoms. The van der Waals surface area contributed by atoms with Gasteiger partial charge in [0.15, 0.2) is 0 Å². The van der Waals surface area contributed by atoms with Gasteiger partial charge in [0.1, 0.15) is 0 Å². The maximum Gasteiger partial charge on any atom is 0.268 e. The summed E-state index contributed by atoms with van der Waals surface area (Å²) in [5.74, 6) is -0.259. The van der Waals surface area contributed by atoms with Gasteiger partial charge < -0.3 is 0 Å². The molecule has 0 aromatic rings. The predicted molar refractivity (Wildman–Crippen MR) is 82.0 cm³/mol. The highest BCUT2D eigenvalue weighted by molar-refractivity contribution is 7.85. The van der Waals surface area contributed by atoms with Crippen molar-refractivity contribution in [2.75, 3.05) is 5.75 Å². The number of hydrogen-bond acceptors (Lipinski definition) is 2. The van der Waals surface area contributed by atoms with Gasteiger partial charge in [-0.1, -0.05) is 76.9 Å². The van der Waals surface area contributed by atoms with E-state index in [1.165, 1.54) is 63.9 Å². The van der Waals surface area contributed by atoms with Crippen LogP contribution in [0.15, 0.2) is 12.2 Å². The van der Waals surface area contributed by atoms with E-state index in [9.17, 15) is 8.42 Å². The second-order valence-corrected chi connectivity index (χ2v) is 6.69. The van der Waals surface area contributed by atoms with Crippen molar-refractivity contribution in [1.82, 2.24) is 0 Å². The van der Waals surface area contributed by atoms with E-state index in [1.54, 1.807) is 0 Å². The summed E-state index contributed by atoms with van der Waals surface area (Å²) in [4.78, 5) is 0. The monoisotopic (exact) mass is 290 g/mol. The summed E-state index contributed by atoms with van der Waals surface area (Å²) in [7, 11) is -3.83. The van der Waals surface area contributed by atoms with Crippen molar-refractivity contribution in [1.29, 1.82) is 0 Å². The molecule has 0 atom stereocenters. The Hall–Kier alpha value is -0.350. The molecule has 114 valence electrons. The number of rotatable bonds is 13. The largest absolute Gasteiger partial charge is 0.285 e. The molecule has 0 bridgehead atoms. The molecule has 0 unspecified atom stereocenters. The van der Waals surface area contributed by atoms with Gasteiger partial charge in [-0.3, -0.25) is 4.55 Å². The molecule has 0 amide bonds. The van der Waals surface area contributed by atoms with Crippen LogP contribution < -0.4 is 0 Å². The highest BCUT2D eigenvalue weighted by atomic mass is 32.2. The van der Waals surface area contributed by atoms with Crippen LogP contribution in [0.2, 0.25) is 0 Å². The molecule has 0 aromatic heterocycles. The molecular formula is C15H30O3S. The zero-order valence-electron chi connectivity index (χ0n) is 12.3. The number of unbranched alkanes of at least 4 members (excludes halogenated alkanes) is 10. The Morgan fingerprint density at radius 3 is 1.74 bits per heavy atom. The second kappa shape index (κ2) is 12.7. The topological polar surface area (TPSA) is 54.4 Å². The summed E-state index contributed by atoms with van der Waals surface area (Å²) in [5.41, 5.74) is 0. The first-order valence-electron chi connectivity index (χ1n) is 7.66. The molecule has 0 radical (unpaired) electrons. The lowest BCUT2D eigenvalue weighted by Crippen LogP contribution is -1.99. The minimum absolute atomic E-state index is 0.259. The van der Waals surface area contributed by atoms with E-state index < -0.39 is 10.1 Å². The Balaban J connectivity index is 3.15. The van der Waals surface area contributed by atoms with Crippen molar-refractivity contribution >= 4 is 10.1 Å². The minimum atomic E-state index is -3.83. The average molecular weight is 290 g/mol. The van der Waals surface area contributed by atoms with Crippen LogP contribution in [-0.2, 0) is 10.1 Å². The maximum absolute atomic E-state index is 10.4. The second-order valence-electron chi connectivity index (χ2n) is 5.19. The first-order chi connectivity index (χ1) is 9.06. The van der Waals surface area contributed by atoms with Gasteiger partial charge >= 0.3 is 0 Å². The fourth-order valence-corrected chi connectivity index (χ4v) is 2.44.